The Hall–Kier alpha value is -4.44. The van der Waals surface area contributed by atoms with Crippen molar-refractivity contribution in [2.45, 2.75) is 12.5 Å². The van der Waals surface area contributed by atoms with Crippen LogP contribution in [-0.4, -0.2) is 68.5 Å². The Labute approximate surface area is 214 Å². The van der Waals surface area contributed by atoms with E-state index in [1.54, 1.807) is 39.8 Å². The van der Waals surface area contributed by atoms with Crippen LogP contribution in [-0.2, 0) is 4.79 Å². The van der Waals surface area contributed by atoms with Crippen molar-refractivity contribution in [3.63, 3.8) is 0 Å². The zero-order valence-corrected chi connectivity index (χ0v) is 20.8. The first-order valence-corrected chi connectivity index (χ1v) is 12.1. The largest absolute Gasteiger partial charge is 0.457 e. The van der Waals surface area contributed by atoms with E-state index in [0.717, 1.165) is 5.75 Å². The summed E-state index contributed by atoms with van der Waals surface area (Å²) in [5, 5.41) is 0. The van der Waals surface area contributed by atoms with Gasteiger partial charge in [0.25, 0.3) is 0 Å². The van der Waals surface area contributed by atoms with E-state index in [2.05, 4.69) is 9.97 Å². The number of aromatic nitrogens is 4. The molecule has 3 heterocycles. The molecule has 1 amide bonds. The smallest absolute Gasteiger partial charge is 0.335 e. The van der Waals surface area contributed by atoms with Crippen molar-refractivity contribution in [1.82, 2.24) is 28.9 Å². The lowest BCUT2D eigenvalue weighted by atomic mass is 10.2. The summed E-state index contributed by atoms with van der Waals surface area (Å²) in [6.45, 7) is 1.65. The first-order chi connectivity index (χ1) is 17.9. The third-order valence-corrected chi connectivity index (χ3v) is 6.33. The molecule has 2 aromatic carbocycles. The summed E-state index contributed by atoms with van der Waals surface area (Å²) in [7, 11) is 3.89. The van der Waals surface area contributed by atoms with Crippen molar-refractivity contribution < 1.29 is 9.53 Å². The summed E-state index contributed by atoms with van der Waals surface area (Å²) in [5.74, 6) is 1.51. The Balaban J connectivity index is 1.46. The minimum Gasteiger partial charge on any atom is -0.457 e. The Morgan fingerprint density at radius 2 is 1.84 bits per heavy atom. The average molecular weight is 500 g/mol. The zero-order valence-electron chi connectivity index (χ0n) is 20.8. The predicted octanol–water partition coefficient (Wildman–Crippen LogP) is 2.85. The summed E-state index contributed by atoms with van der Waals surface area (Å²) < 4.78 is 9.05. The highest BCUT2D eigenvalue weighted by atomic mass is 16.5. The molecule has 4 aromatic rings. The minimum absolute atomic E-state index is 0.0655. The molecule has 1 aliphatic rings. The van der Waals surface area contributed by atoms with Crippen molar-refractivity contribution >= 4 is 22.9 Å². The number of amides is 1. The number of carbonyl (C=O) groups is 1. The third-order valence-electron chi connectivity index (χ3n) is 6.33. The van der Waals surface area contributed by atoms with Crippen LogP contribution in [0.3, 0.4) is 0 Å². The van der Waals surface area contributed by atoms with Gasteiger partial charge in [0.15, 0.2) is 11.5 Å². The number of imidazole rings is 1. The van der Waals surface area contributed by atoms with E-state index in [-0.39, 0.29) is 23.5 Å². The lowest BCUT2D eigenvalue weighted by Crippen LogP contribution is -2.31. The van der Waals surface area contributed by atoms with E-state index >= 15 is 0 Å². The van der Waals surface area contributed by atoms with Crippen LogP contribution in [0, 0.1) is 0 Å². The van der Waals surface area contributed by atoms with Crippen LogP contribution in [0.5, 0.6) is 11.5 Å². The number of hydrogen-bond donors (Lipinski definition) is 1. The molecule has 0 bridgehead atoms. The second-order valence-electron chi connectivity index (χ2n) is 9.22. The number of nitrogens with zero attached hydrogens (tertiary/aromatic N) is 6. The van der Waals surface area contributed by atoms with Crippen LogP contribution in [0.25, 0.3) is 16.9 Å². The molecule has 1 atom stereocenters. The first-order valence-electron chi connectivity index (χ1n) is 12.1. The van der Waals surface area contributed by atoms with Gasteiger partial charge in [0.2, 0.25) is 5.91 Å². The Kier molecular flexibility index (Phi) is 6.74. The number of anilines is 1. The molecule has 1 fully saturated rings. The molecule has 190 valence electrons. The molecule has 0 aliphatic carbocycles. The molecule has 2 aromatic heterocycles. The van der Waals surface area contributed by atoms with E-state index in [1.165, 1.54) is 10.9 Å². The molecule has 1 saturated heterocycles. The monoisotopic (exact) mass is 499 g/mol. The summed E-state index contributed by atoms with van der Waals surface area (Å²) in [6.07, 6.45) is 5.43. The lowest BCUT2D eigenvalue weighted by Gasteiger charge is -2.15. The summed E-state index contributed by atoms with van der Waals surface area (Å²) in [5.41, 5.74) is 7.47. The molecule has 5 rings (SSSR count). The molecular formula is C27H29N7O3. The summed E-state index contributed by atoms with van der Waals surface area (Å²) in [6, 6.07) is 16.4. The Morgan fingerprint density at radius 1 is 1.11 bits per heavy atom. The molecule has 0 saturated carbocycles. The third kappa shape index (κ3) is 4.96. The fourth-order valence-electron chi connectivity index (χ4n) is 4.55. The van der Waals surface area contributed by atoms with E-state index < -0.39 is 0 Å². The molecule has 10 heteroatoms. The number of carbonyl (C=O) groups excluding carboxylic acids is 1. The topological polar surface area (TPSA) is 112 Å². The predicted molar refractivity (Wildman–Crippen MR) is 142 cm³/mol. The van der Waals surface area contributed by atoms with E-state index in [4.69, 9.17) is 10.5 Å². The maximum atomic E-state index is 13.8. The highest BCUT2D eigenvalue weighted by Crippen LogP contribution is 2.28. The molecule has 1 aliphatic heterocycles. The number of fused-ring (bicyclic) bond motifs is 1. The molecule has 2 N–H and O–H groups in total. The fourth-order valence-corrected chi connectivity index (χ4v) is 4.55. The number of rotatable bonds is 7. The van der Waals surface area contributed by atoms with Gasteiger partial charge in [-0.25, -0.2) is 14.8 Å². The SMILES string of the molecule is CN(C)C/C=C/C(=O)N1CC[C@@H](n2c(=O)n(-c3ccc(Oc4ccccc4)cc3)c3c(N)ncnc32)C1. The van der Waals surface area contributed by atoms with Crippen LogP contribution >= 0.6 is 0 Å². The number of nitrogen functional groups attached to an aromatic ring is 1. The van der Waals surface area contributed by atoms with Gasteiger partial charge in [-0.2, -0.15) is 0 Å². The molecule has 37 heavy (non-hydrogen) atoms. The molecule has 10 nitrogen and oxygen atoms in total. The van der Waals surface area contributed by atoms with Crippen molar-refractivity contribution in [3.8, 4) is 17.2 Å². The fraction of sp³-hybridized carbons (Fsp3) is 0.259. The van der Waals surface area contributed by atoms with Gasteiger partial charge in [-0.15, -0.1) is 0 Å². The minimum atomic E-state index is -0.277. The molecular weight excluding hydrogens is 470 g/mol. The highest BCUT2D eigenvalue weighted by molar-refractivity contribution is 5.88. The van der Waals surface area contributed by atoms with Crippen molar-refractivity contribution in [1.29, 1.82) is 0 Å². The maximum absolute atomic E-state index is 13.8. The van der Waals surface area contributed by atoms with Crippen LogP contribution in [0.4, 0.5) is 5.82 Å². The molecule has 0 radical (unpaired) electrons. The van der Waals surface area contributed by atoms with Crippen molar-refractivity contribution in [2.75, 3.05) is 39.5 Å². The number of nitrogens with two attached hydrogens (primary N) is 1. The maximum Gasteiger partial charge on any atom is 0.335 e. The van der Waals surface area contributed by atoms with Gasteiger partial charge in [0.1, 0.15) is 23.3 Å². The van der Waals surface area contributed by atoms with Gasteiger partial charge in [-0.3, -0.25) is 13.9 Å². The quantitative estimate of drug-likeness (QED) is 0.389. The second-order valence-corrected chi connectivity index (χ2v) is 9.22. The first kappa shape index (κ1) is 24.3. The number of benzene rings is 2. The summed E-state index contributed by atoms with van der Waals surface area (Å²) >= 11 is 0. The van der Waals surface area contributed by atoms with E-state index in [9.17, 15) is 9.59 Å². The Morgan fingerprint density at radius 3 is 2.57 bits per heavy atom. The summed E-state index contributed by atoms with van der Waals surface area (Å²) in [4.78, 5) is 38.7. The van der Waals surface area contributed by atoms with E-state index in [0.29, 0.717) is 48.7 Å². The number of likely N-dealkylation sites (tertiary alicyclic amines) is 1. The van der Waals surface area contributed by atoms with Gasteiger partial charge < -0.3 is 20.3 Å². The van der Waals surface area contributed by atoms with E-state index in [1.807, 2.05) is 55.4 Å². The molecule has 0 unspecified atom stereocenters. The van der Waals surface area contributed by atoms with Crippen molar-refractivity contribution in [3.05, 3.63) is 83.6 Å². The zero-order chi connectivity index (χ0) is 25.9. The van der Waals surface area contributed by atoms with Gasteiger partial charge >= 0.3 is 5.69 Å². The number of ether oxygens (including phenoxy) is 1. The van der Waals surface area contributed by atoms with Crippen LogP contribution in [0.15, 0.2) is 77.9 Å². The van der Waals surface area contributed by atoms with Gasteiger partial charge in [-0.05, 0) is 56.9 Å². The van der Waals surface area contributed by atoms with Gasteiger partial charge in [0, 0.05) is 25.7 Å². The lowest BCUT2D eigenvalue weighted by molar-refractivity contribution is -0.125. The molecule has 0 spiro atoms. The van der Waals surface area contributed by atoms with Crippen LogP contribution in [0.2, 0.25) is 0 Å². The standard InChI is InChI=1S/C27H29N7O3/c1-31(2)15-6-9-23(35)32-16-14-20(17-32)34-26-24(25(28)29-18-30-26)33(27(34)36)19-10-12-22(13-11-19)37-21-7-4-3-5-8-21/h3-13,18,20H,14-17H2,1-2H3,(H2,28,29,30)/b9-6+/t20-/m1/s1. The average Bonchev–Trinajstić information content (AvgIpc) is 3.48. The van der Waals surface area contributed by atoms with Crippen LogP contribution < -0.4 is 16.2 Å². The normalized spacial score (nSPS) is 15.8. The second kappa shape index (κ2) is 10.3. The van der Waals surface area contributed by atoms with Crippen molar-refractivity contribution in [2.24, 2.45) is 0 Å². The number of likely N-dealkylation sites (N-methyl/N-ethyl adjacent to an activating group) is 1. The van der Waals surface area contributed by atoms with Gasteiger partial charge in [0.05, 0.1) is 11.7 Å². The number of para-hydroxylation sites is 1. The highest BCUT2D eigenvalue weighted by Gasteiger charge is 2.31. The van der Waals surface area contributed by atoms with Crippen LogP contribution in [0.1, 0.15) is 12.5 Å². The Bertz CT molecular complexity index is 1490. The number of hydrogen-bond acceptors (Lipinski definition) is 7. The van der Waals surface area contributed by atoms with Gasteiger partial charge in [-0.1, -0.05) is 24.3 Å².